The predicted molar refractivity (Wildman–Crippen MR) is 53.0 cm³/mol. The Hall–Kier alpha value is -0.420. The van der Waals surface area contributed by atoms with Crippen LogP contribution >= 0.6 is 0 Å². The number of rotatable bonds is 5. The van der Waals surface area contributed by atoms with Gasteiger partial charge in [-0.15, -0.1) is 0 Å². The van der Waals surface area contributed by atoms with Crippen molar-refractivity contribution < 1.29 is 13.7 Å². The number of nitrogens with one attached hydrogen (secondary N) is 1. The van der Waals surface area contributed by atoms with Gasteiger partial charge in [-0.3, -0.25) is 9.00 Å². The van der Waals surface area contributed by atoms with E-state index in [1.807, 2.05) is 6.92 Å². The molecule has 0 aliphatic rings. The summed E-state index contributed by atoms with van der Waals surface area (Å²) in [6.07, 6.45) is 1.16. The third-order valence-corrected chi connectivity index (χ3v) is 2.57. The fourth-order valence-corrected chi connectivity index (χ4v) is 1.65. The van der Waals surface area contributed by atoms with E-state index in [0.29, 0.717) is 5.75 Å². The van der Waals surface area contributed by atoms with Crippen molar-refractivity contribution in [2.75, 3.05) is 19.1 Å². The zero-order valence-corrected chi connectivity index (χ0v) is 9.31. The zero-order chi connectivity index (χ0) is 10.4. The molecule has 13 heavy (non-hydrogen) atoms. The van der Waals surface area contributed by atoms with E-state index < -0.39 is 16.9 Å². The van der Waals surface area contributed by atoms with Gasteiger partial charge in [-0.1, -0.05) is 0 Å². The molecule has 0 saturated heterocycles. The van der Waals surface area contributed by atoms with Gasteiger partial charge < -0.3 is 10.1 Å². The van der Waals surface area contributed by atoms with E-state index in [-0.39, 0.29) is 11.9 Å². The van der Waals surface area contributed by atoms with Crippen molar-refractivity contribution in [1.29, 1.82) is 0 Å². The standard InChI is InChI=1S/C8H17NO3S/c1-6(5-13(4)11)9-8(10)7(2)12-3/h6-7H,5H2,1-4H3,(H,9,10). The Balaban J connectivity index is 3.84. The number of hydrogen-bond acceptors (Lipinski definition) is 3. The average molecular weight is 207 g/mol. The van der Waals surface area contributed by atoms with Crippen molar-refractivity contribution in [3.63, 3.8) is 0 Å². The second-order valence-corrected chi connectivity index (χ2v) is 4.51. The molecule has 1 N–H and O–H groups in total. The molecule has 3 atom stereocenters. The van der Waals surface area contributed by atoms with Crippen LogP contribution in [0.15, 0.2) is 0 Å². The molecular weight excluding hydrogens is 190 g/mol. The molecule has 0 fully saturated rings. The Morgan fingerprint density at radius 2 is 2.08 bits per heavy atom. The molecule has 0 bridgehead atoms. The van der Waals surface area contributed by atoms with Crippen molar-refractivity contribution in [3.05, 3.63) is 0 Å². The van der Waals surface area contributed by atoms with Gasteiger partial charge in [-0.25, -0.2) is 0 Å². The molecule has 0 aromatic rings. The molecule has 1 amide bonds. The quantitative estimate of drug-likeness (QED) is 0.685. The summed E-state index contributed by atoms with van der Waals surface area (Å²) in [6, 6.07) is -0.0732. The highest BCUT2D eigenvalue weighted by Crippen LogP contribution is 1.91. The predicted octanol–water partition coefficient (Wildman–Crippen LogP) is -0.0955. The van der Waals surface area contributed by atoms with E-state index in [1.165, 1.54) is 7.11 Å². The summed E-state index contributed by atoms with van der Waals surface area (Å²) < 4.78 is 15.6. The first kappa shape index (κ1) is 12.6. The monoisotopic (exact) mass is 207 g/mol. The summed E-state index contributed by atoms with van der Waals surface area (Å²) in [6.45, 7) is 3.49. The number of methoxy groups -OCH3 is 1. The molecule has 78 valence electrons. The van der Waals surface area contributed by atoms with Gasteiger partial charge in [-0.2, -0.15) is 0 Å². The smallest absolute Gasteiger partial charge is 0.249 e. The molecule has 5 heteroatoms. The lowest BCUT2D eigenvalue weighted by Crippen LogP contribution is -2.41. The van der Waals surface area contributed by atoms with Crippen molar-refractivity contribution in [1.82, 2.24) is 5.32 Å². The van der Waals surface area contributed by atoms with E-state index in [2.05, 4.69) is 5.32 Å². The Bertz CT molecular complexity index is 196. The number of ether oxygens (including phenoxy) is 1. The van der Waals surface area contributed by atoms with Crippen molar-refractivity contribution in [3.8, 4) is 0 Å². The second kappa shape index (κ2) is 6.10. The van der Waals surface area contributed by atoms with Gasteiger partial charge in [0.05, 0.1) is 0 Å². The van der Waals surface area contributed by atoms with Gasteiger partial charge in [-0.05, 0) is 13.8 Å². The SMILES string of the molecule is COC(C)C(=O)NC(C)CS(C)=O. The van der Waals surface area contributed by atoms with Gasteiger partial charge in [0.25, 0.3) is 0 Å². The highest BCUT2D eigenvalue weighted by atomic mass is 32.2. The molecule has 0 rings (SSSR count). The Labute approximate surface area is 81.5 Å². The minimum absolute atomic E-state index is 0.0732. The second-order valence-electron chi connectivity index (χ2n) is 3.03. The highest BCUT2D eigenvalue weighted by molar-refractivity contribution is 7.84. The maximum absolute atomic E-state index is 11.2. The maximum Gasteiger partial charge on any atom is 0.249 e. The molecule has 4 nitrogen and oxygen atoms in total. The van der Waals surface area contributed by atoms with Crippen molar-refractivity contribution >= 4 is 16.7 Å². The van der Waals surface area contributed by atoms with Gasteiger partial charge in [0.2, 0.25) is 5.91 Å². The molecule has 0 heterocycles. The van der Waals surface area contributed by atoms with Crippen LogP contribution in [-0.2, 0) is 20.3 Å². The average Bonchev–Trinajstić information content (AvgIpc) is 2.01. The Morgan fingerprint density at radius 3 is 2.46 bits per heavy atom. The van der Waals surface area contributed by atoms with Gasteiger partial charge >= 0.3 is 0 Å². The van der Waals surface area contributed by atoms with E-state index in [0.717, 1.165) is 0 Å². The van der Waals surface area contributed by atoms with Gasteiger partial charge in [0, 0.05) is 36.0 Å². The fraction of sp³-hybridized carbons (Fsp3) is 0.875. The maximum atomic E-state index is 11.2. The molecule has 0 spiro atoms. The number of carbonyl (C=O) groups is 1. The first-order valence-electron chi connectivity index (χ1n) is 4.10. The molecule has 0 aliphatic heterocycles. The van der Waals surface area contributed by atoms with Crippen LogP contribution in [0, 0.1) is 0 Å². The summed E-state index contributed by atoms with van der Waals surface area (Å²) in [5, 5.41) is 2.70. The van der Waals surface area contributed by atoms with Crippen LogP contribution in [-0.4, -0.2) is 41.4 Å². The molecule has 0 aliphatic carbocycles. The normalized spacial score (nSPS) is 17.5. The van der Waals surface area contributed by atoms with Gasteiger partial charge in [0.1, 0.15) is 6.10 Å². The summed E-state index contributed by atoms with van der Waals surface area (Å²) >= 11 is 0. The lowest BCUT2D eigenvalue weighted by molar-refractivity contribution is -0.130. The third kappa shape index (κ3) is 5.76. The highest BCUT2D eigenvalue weighted by Gasteiger charge is 2.14. The number of amides is 1. The lowest BCUT2D eigenvalue weighted by Gasteiger charge is -2.15. The zero-order valence-electron chi connectivity index (χ0n) is 8.49. The molecule has 3 unspecified atom stereocenters. The summed E-state index contributed by atoms with van der Waals surface area (Å²) in [7, 11) is 0.596. The van der Waals surface area contributed by atoms with E-state index in [4.69, 9.17) is 4.74 Å². The van der Waals surface area contributed by atoms with Crippen LogP contribution in [0.3, 0.4) is 0 Å². The third-order valence-electron chi connectivity index (χ3n) is 1.60. The summed E-state index contributed by atoms with van der Waals surface area (Å²) in [5.41, 5.74) is 0. The molecular formula is C8H17NO3S. The van der Waals surface area contributed by atoms with Crippen molar-refractivity contribution in [2.24, 2.45) is 0 Å². The Morgan fingerprint density at radius 1 is 1.54 bits per heavy atom. The van der Waals surface area contributed by atoms with Crippen LogP contribution in [0.2, 0.25) is 0 Å². The lowest BCUT2D eigenvalue weighted by atomic mass is 10.3. The van der Waals surface area contributed by atoms with E-state index >= 15 is 0 Å². The van der Waals surface area contributed by atoms with Crippen molar-refractivity contribution in [2.45, 2.75) is 26.0 Å². The summed E-state index contributed by atoms with van der Waals surface area (Å²) in [5.74, 6) is 0.308. The van der Waals surface area contributed by atoms with Crippen LogP contribution in [0.4, 0.5) is 0 Å². The first-order chi connectivity index (χ1) is 5.97. The molecule has 0 aromatic heterocycles. The number of hydrogen-bond donors (Lipinski definition) is 1. The molecule has 0 saturated carbocycles. The van der Waals surface area contributed by atoms with Crippen LogP contribution in [0.1, 0.15) is 13.8 Å². The van der Waals surface area contributed by atoms with Crippen LogP contribution < -0.4 is 5.32 Å². The molecule has 0 radical (unpaired) electrons. The summed E-state index contributed by atoms with van der Waals surface area (Å²) in [4.78, 5) is 11.2. The minimum Gasteiger partial charge on any atom is -0.372 e. The van der Waals surface area contributed by atoms with Crippen LogP contribution in [0.25, 0.3) is 0 Å². The van der Waals surface area contributed by atoms with E-state index in [9.17, 15) is 9.00 Å². The Kier molecular flexibility index (Phi) is 5.90. The van der Waals surface area contributed by atoms with Crippen LogP contribution in [0.5, 0.6) is 0 Å². The number of carbonyl (C=O) groups excluding carboxylic acids is 1. The fourth-order valence-electron chi connectivity index (χ4n) is 0.861. The topological polar surface area (TPSA) is 55.4 Å². The first-order valence-corrected chi connectivity index (χ1v) is 5.83. The largest absolute Gasteiger partial charge is 0.372 e. The van der Waals surface area contributed by atoms with Gasteiger partial charge in [0.15, 0.2) is 0 Å². The molecule has 0 aromatic carbocycles. The minimum atomic E-state index is -0.883. The van der Waals surface area contributed by atoms with E-state index in [1.54, 1.807) is 13.2 Å².